The Kier molecular flexibility index (Phi) is 3.62. The molecule has 0 atom stereocenters. The number of aryl methyl sites for hydroxylation is 1. The van der Waals surface area contributed by atoms with Gasteiger partial charge in [-0.2, -0.15) is 0 Å². The number of hydrogen-bond acceptors (Lipinski definition) is 4. The standard InChI is InChI=1S/C19H15N3O2S/c1-13-10-11-15-5-2-8-16(18(15)21-13)22-25(23,24)17-9-3-6-14-7-4-12-20-19(14)17/h2-12,22H,1H3. The number of aromatic nitrogens is 2. The van der Waals surface area contributed by atoms with Crippen molar-refractivity contribution in [2.45, 2.75) is 11.8 Å². The van der Waals surface area contributed by atoms with E-state index >= 15 is 0 Å². The molecule has 5 nitrogen and oxygen atoms in total. The summed E-state index contributed by atoms with van der Waals surface area (Å²) in [7, 11) is -3.80. The molecule has 4 aromatic rings. The summed E-state index contributed by atoms with van der Waals surface area (Å²) in [5, 5.41) is 1.65. The second kappa shape index (κ2) is 5.82. The zero-order chi connectivity index (χ0) is 17.4. The van der Waals surface area contributed by atoms with Gasteiger partial charge in [-0.25, -0.2) is 8.42 Å². The van der Waals surface area contributed by atoms with Gasteiger partial charge >= 0.3 is 0 Å². The van der Waals surface area contributed by atoms with Crippen LogP contribution < -0.4 is 4.72 Å². The summed E-state index contributed by atoms with van der Waals surface area (Å²) in [5.74, 6) is 0. The minimum Gasteiger partial charge on any atom is -0.277 e. The summed E-state index contributed by atoms with van der Waals surface area (Å²) in [5.41, 5.74) is 2.35. The van der Waals surface area contributed by atoms with Gasteiger partial charge in [0.15, 0.2) is 0 Å². The highest BCUT2D eigenvalue weighted by atomic mass is 32.2. The van der Waals surface area contributed by atoms with Gasteiger partial charge in [0.05, 0.1) is 16.7 Å². The Morgan fingerprint density at radius 2 is 1.56 bits per heavy atom. The van der Waals surface area contributed by atoms with Crippen molar-refractivity contribution in [3.05, 3.63) is 72.6 Å². The fourth-order valence-corrected chi connectivity index (χ4v) is 4.07. The number of rotatable bonds is 3. The zero-order valence-corrected chi connectivity index (χ0v) is 14.3. The van der Waals surface area contributed by atoms with Gasteiger partial charge in [0.25, 0.3) is 10.0 Å². The Morgan fingerprint density at radius 3 is 2.40 bits per heavy atom. The lowest BCUT2D eigenvalue weighted by Gasteiger charge is -2.12. The number of fused-ring (bicyclic) bond motifs is 2. The zero-order valence-electron chi connectivity index (χ0n) is 13.5. The normalized spacial score (nSPS) is 11.7. The molecule has 0 spiro atoms. The maximum absolute atomic E-state index is 13.0. The number of hydrogen-bond donors (Lipinski definition) is 1. The molecule has 6 heteroatoms. The summed E-state index contributed by atoms with van der Waals surface area (Å²) in [4.78, 5) is 8.85. The van der Waals surface area contributed by atoms with Crippen LogP contribution in [0.5, 0.6) is 0 Å². The molecule has 0 unspecified atom stereocenters. The minimum atomic E-state index is -3.80. The molecule has 0 radical (unpaired) electrons. The van der Waals surface area contributed by atoms with Gasteiger partial charge < -0.3 is 0 Å². The molecule has 0 aliphatic heterocycles. The largest absolute Gasteiger partial charge is 0.277 e. The van der Waals surface area contributed by atoms with E-state index in [0.717, 1.165) is 16.5 Å². The first-order chi connectivity index (χ1) is 12.0. The first kappa shape index (κ1) is 15.5. The maximum atomic E-state index is 13.0. The molecule has 2 aromatic heterocycles. The Labute approximate surface area is 145 Å². The van der Waals surface area contributed by atoms with Gasteiger partial charge in [0.1, 0.15) is 4.90 Å². The Morgan fingerprint density at radius 1 is 0.840 bits per heavy atom. The quantitative estimate of drug-likeness (QED) is 0.609. The summed E-state index contributed by atoms with van der Waals surface area (Å²) < 4.78 is 28.6. The third kappa shape index (κ3) is 2.81. The molecule has 1 N–H and O–H groups in total. The topological polar surface area (TPSA) is 72.0 Å². The van der Waals surface area contributed by atoms with E-state index in [2.05, 4.69) is 14.7 Å². The Balaban J connectivity index is 1.86. The van der Waals surface area contributed by atoms with E-state index in [1.54, 1.807) is 36.5 Å². The number of pyridine rings is 2. The molecule has 0 aliphatic carbocycles. The monoisotopic (exact) mass is 349 g/mol. The van der Waals surface area contributed by atoms with Crippen molar-refractivity contribution >= 4 is 37.5 Å². The smallest absolute Gasteiger partial charge is 0.264 e. The molecule has 0 fully saturated rings. The first-order valence-electron chi connectivity index (χ1n) is 7.77. The van der Waals surface area contributed by atoms with E-state index in [-0.39, 0.29) is 4.90 Å². The highest BCUT2D eigenvalue weighted by molar-refractivity contribution is 7.93. The third-order valence-corrected chi connectivity index (χ3v) is 5.39. The van der Waals surface area contributed by atoms with Crippen LogP contribution in [0.2, 0.25) is 0 Å². The van der Waals surface area contributed by atoms with E-state index in [0.29, 0.717) is 16.7 Å². The summed E-state index contributed by atoms with van der Waals surface area (Å²) in [6.45, 7) is 1.87. The highest BCUT2D eigenvalue weighted by Crippen LogP contribution is 2.27. The molecule has 0 saturated carbocycles. The predicted molar refractivity (Wildman–Crippen MR) is 99.0 cm³/mol. The summed E-state index contributed by atoms with van der Waals surface area (Å²) in [6.07, 6.45) is 1.59. The average molecular weight is 349 g/mol. The summed E-state index contributed by atoms with van der Waals surface area (Å²) in [6, 6.07) is 18.0. The third-order valence-electron chi connectivity index (χ3n) is 3.99. The molecule has 25 heavy (non-hydrogen) atoms. The van der Waals surface area contributed by atoms with Crippen molar-refractivity contribution in [2.24, 2.45) is 0 Å². The number of nitrogens with one attached hydrogen (secondary N) is 1. The molecule has 4 rings (SSSR count). The van der Waals surface area contributed by atoms with Crippen LogP contribution in [-0.4, -0.2) is 18.4 Å². The van der Waals surface area contributed by atoms with Gasteiger partial charge in [0, 0.05) is 22.7 Å². The predicted octanol–water partition coefficient (Wildman–Crippen LogP) is 3.89. The van der Waals surface area contributed by atoms with E-state index in [9.17, 15) is 8.42 Å². The van der Waals surface area contributed by atoms with Gasteiger partial charge in [-0.3, -0.25) is 14.7 Å². The van der Waals surface area contributed by atoms with Crippen molar-refractivity contribution in [1.29, 1.82) is 0 Å². The molecule has 0 saturated heterocycles. The van der Waals surface area contributed by atoms with Crippen molar-refractivity contribution < 1.29 is 8.42 Å². The van der Waals surface area contributed by atoms with Gasteiger partial charge in [-0.05, 0) is 31.2 Å². The number of anilines is 1. The minimum absolute atomic E-state index is 0.148. The number of para-hydroxylation sites is 2. The fourth-order valence-electron chi connectivity index (χ4n) is 2.82. The van der Waals surface area contributed by atoms with E-state index in [4.69, 9.17) is 0 Å². The average Bonchev–Trinajstić information content (AvgIpc) is 2.61. The van der Waals surface area contributed by atoms with Gasteiger partial charge in [0.2, 0.25) is 0 Å². The molecular formula is C19H15N3O2S. The Bertz CT molecular complexity index is 1200. The number of benzene rings is 2. The summed E-state index contributed by atoms with van der Waals surface area (Å²) >= 11 is 0. The van der Waals surface area contributed by atoms with Gasteiger partial charge in [-0.1, -0.05) is 36.4 Å². The maximum Gasteiger partial charge on any atom is 0.264 e. The number of nitrogens with zero attached hydrogens (tertiary/aromatic N) is 2. The second-order valence-corrected chi connectivity index (χ2v) is 7.42. The molecule has 0 amide bonds. The molecular weight excluding hydrogens is 334 g/mol. The van der Waals surface area contributed by atoms with E-state index in [1.165, 1.54) is 0 Å². The molecule has 0 aliphatic rings. The van der Waals surface area contributed by atoms with Crippen LogP contribution in [0.25, 0.3) is 21.8 Å². The van der Waals surface area contributed by atoms with Crippen molar-refractivity contribution in [1.82, 2.24) is 9.97 Å². The van der Waals surface area contributed by atoms with Gasteiger partial charge in [-0.15, -0.1) is 0 Å². The Hall–Kier alpha value is -2.99. The van der Waals surface area contributed by atoms with Crippen molar-refractivity contribution in [3.8, 4) is 0 Å². The second-order valence-electron chi connectivity index (χ2n) is 5.77. The molecule has 124 valence electrons. The van der Waals surface area contributed by atoms with Crippen LogP contribution in [0.1, 0.15) is 5.69 Å². The van der Waals surface area contributed by atoms with Crippen LogP contribution in [0.3, 0.4) is 0 Å². The molecule has 2 aromatic carbocycles. The van der Waals surface area contributed by atoms with Crippen LogP contribution in [-0.2, 0) is 10.0 Å². The number of sulfonamides is 1. The van der Waals surface area contributed by atoms with Crippen LogP contribution in [0, 0.1) is 6.92 Å². The highest BCUT2D eigenvalue weighted by Gasteiger charge is 2.19. The SMILES string of the molecule is Cc1ccc2cccc(NS(=O)(=O)c3cccc4cccnc34)c2n1. The van der Waals surface area contributed by atoms with Crippen LogP contribution in [0.15, 0.2) is 71.8 Å². The van der Waals surface area contributed by atoms with Crippen LogP contribution in [0.4, 0.5) is 5.69 Å². The first-order valence-corrected chi connectivity index (χ1v) is 9.26. The van der Waals surface area contributed by atoms with Crippen molar-refractivity contribution in [3.63, 3.8) is 0 Å². The van der Waals surface area contributed by atoms with E-state index < -0.39 is 10.0 Å². The fraction of sp³-hybridized carbons (Fsp3) is 0.0526. The van der Waals surface area contributed by atoms with Crippen molar-refractivity contribution in [2.75, 3.05) is 4.72 Å². The van der Waals surface area contributed by atoms with Crippen LogP contribution >= 0.6 is 0 Å². The lowest BCUT2D eigenvalue weighted by molar-refractivity contribution is 0.602. The molecule has 2 heterocycles. The van der Waals surface area contributed by atoms with E-state index in [1.807, 2.05) is 37.3 Å². The lowest BCUT2D eigenvalue weighted by atomic mass is 10.2. The lowest BCUT2D eigenvalue weighted by Crippen LogP contribution is -2.14. The molecule has 0 bridgehead atoms.